The maximum absolute atomic E-state index is 12.7. The van der Waals surface area contributed by atoms with Gasteiger partial charge in [0.25, 0.3) is 5.56 Å². The van der Waals surface area contributed by atoms with Crippen molar-refractivity contribution in [1.82, 2.24) is 14.7 Å². The number of halogens is 1. The molecule has 0 aliphatic carbocycles. The van der Waals surface area contributed by atoms with Gasteiger partial charge in [0.1, 0.15) is 5.02 Å². The highest BCUT2D eigenvalue weighted by atomic mass is 35.5. The lowest BCUT2D eigenvalue weighted by Crippen LogP contribution is -2.46. The average Bonchev–Trinajstić information content (AvgIpc) is 2.77. The normalized spacial score (nSPS) is 14.6. The second kappa shape index (κ2) is 8.48. The van der Waals surface area contributed by atoms with E-state index in [1.807, 2.05) is 54.6 Å². The molecule has 0 spiro atoms. The van der Waals surface area contributed by atoms with Gasteiger partial charge in [-0.1, -0.05) is 48.0 Å². The fraction of sp³-hybridized carbons (Fsp3) is 0.227. The van der Waals surface area contributed by atoms with Crippen LogP contribution < -0.4 is 10.5 Å². The average molecular weight is 406 g/mol. The largest absolute Gasteiger partial charge is 0.366 e. The summed E-state index contributed by atoms with van der Waals surface area (Å²) in [6, 6.07) is 19.2. The number of anilines is 1. The molecule has 0 N–H and O–H groups in total. The van der Waals surface area contributed by atoms with Crippen LogP contribution in [0.15, 0.2) is 65.6 Å². The van der Waals surface area contributed by atoms with Gasteiger partial charge in [0, 0.05) is 32.7 Å². The molecule has 0 amide bonds. The summed E-state index contributed by atoms with van der Waals surface area (Å²) in [6.45, 7) is 3.85. The predicted octanol–water partition coefficient (Wildman–Crippen LogP) is 3.08. The predicted molar refractivity (Wildman–Crippen MR) is 113 cm³/mol. The molecule has 1 aliphatic heterocycles. The van der Waals surface area contributed by atoms with Gasteiger partial charge in [0.05, 0.1) is 29.2 Å². The Bertz CT molecular complexity index is 1100. The number of hydrogen-bond donors (Lipinski definition) is 0. The number of hydrogen-bond acceptors (Lipinski definition) is 5. The van der Waals surface area contributed by atoms with Crippen molar-refractivity contribution in [2.45, 2.75) is 6.54 Å². The number of para-hydroxylation sites is 1. The van der Waals surface area contributed by atoms with Crippen molar-refractivity contribution in [1.29, 1.82) is 5.26 Å². The van der Waals surface area contributed by atoms with Crippen molar-refractivity contribution in [3.63, 3.8) is 0 Å². The van der Waals surface area contributed by atoms with Crippen molar-refractivity contribution in [2.75, 3.05) is 31.1 Å². The number of nitrogens with zero attached hydrogens (tertiary/aromatic N) is 5. The quantitative estimate of drug-likeness (QED) is 0.667. The van der Waals surface area contributed by atoms with Crippen LogP contribution in [0.3, 0.4) is 0 Å². The Hall–Kier alpha value is -3.14. The molecule has 29 heavy (non-hydrogen) atoms. The zero-order valence-corrected chi connectivity index (χ0v) is 16.6. The summed E-state index contributed by atoms with van der Waals surface area (Å²) >= 11 is 6.42. The molecule has 6 nitrogen and oxygen atoms in total. The van der Waals surface area contributed by atoms with Gasteiger partial charge in [-0.25, -0.2) is 0 Å². The van der Waals surface area contributed by atoms with Gasteiger partial charge in [-0.3, -0.25) is 9.69 Å². The summed E-state index contributed by atoms with van der Waals surface area (Å²) in [6.07, 6.45) is 1.66. The van der Waals surface area contributed by atoms with Gasteiger partial charge in [0.2, 0.25) is 0 Å². The Labute approximate surface area is 174 Å². The van der Waals surface area contributed by atoms with Crippen LogP contribution in [0.5, 0.6) is 0 Å². The molecule has 0 bridgehead atoms. The fourth-order valence-electron chi connectivity index (χ4n) is 3.55. The van der Waals surface area contributed by atoms with Crippen LogP contribution in [0.2, 0.25) is 5.02 Å². The van der Waals surface area contributed by atoms with Crippen LogP contribution >= 0.6 is 11.6 Å². The Morgan fingerprint density at radius 3 is 2.41 bits per heavy atom. The summed E-state index contributed by atoms with van der Waals surface area (Å²) in [4.78, 5) is 17.1. The highest BCUT2D eigenvalue weighted by Crippen LogP contribution is 2.23. The summed E-state index contributed by atoms with van der Waals surface area (Å²) < 4.78 is 1.32. The van der Waals surface area contributed by atoms with Crippen LogP contribution in [0.1, 0.15) is 11.1 Å². The molecule has 0 saturated carbocycles. The molecule has 1 aromatic heterocycles. The molecule has 2 aromatic carbocycles. The topological polar surface area (TPSA) is 65.2 Å². The second-order valence-corrected chi connectivity index (χ2v) is 7.31. The van der Waals surface area contributed by atoms with E-state index < -0.39 is 0 Å². The van der Waals surface area contributed by atoms with E-state index in [-0.39, 0.29) is 10.6 Å². The first-order valence-electron chi connectivity index (χ1n) is 9.46. The van der Waals surface area contributed by atoms with Crippen molar-refractivity contribution in [3.8, 4) is 11.8 Å². The first kappa shape index (κ1) is 19.2. The van der Waals surface area contributed by atoms with E-state index in [1.165, 1.54) is 4.68 Å². The minimum absolute atomic E-state index is 0.187. The van der Waals surface area contributed by atoms with Crippen LogP contribution in [0.4, 0.5) is 5.69 Å². The molecule has 1 aliphatic rings. The van der Waals surface area contributed by atoms with Gasteiger partial charge < -0.3 is 4.90 Å². The lowest BCUT2D eigenvalue weighted by Gasteiger charge is -2.36. The molecular weight excluding hydrogens is 386 g/mol. The van der Waals surface area contributed by atoms with Gasteiger partial charge in [-0.2, -0.15) is 15.0 Å². The molecule has 0 unspecified atom stereocenters. The first-order chi connectivity index (χ1) is 14.2. The lowest BCUT2D eigenvalue weighted by molar-refractivity contribution is 0.249. The van der Waals surface area contributed by atoms with Crippen LogP contribution in [0.25, 0.3) is 5.69 Å². The molecule has 2 heterocycles. The standard InChI is InChI=1S/C22H20ClN5O/c23-21-20(15-25-28(22(21)29)19-8-2-1-3-9-19)27-12-10-26(11-13-27)16-18-7-5-4-6-17(18)14-24/h1-9,15H,10-13,16H2. The number of rotatable bonds is 4. The Morgan fingerprint density at radius 1 is 1.00 bits per heavy atom. The van der Waals surface area contributed by atoms with Gasteiger partial charge >= 0.3 is 0 Å². The summed E-state index contributed by atoms with van der Waals surface area (Å²) in [5.41, 5.74) is 2.79. The number of aromatic nitrogens is 2. The van der Waals surface area contributed by atoms with E-state index >= 15 is 0 Å². The van der Waals surface area contributed by atoms with Crippen molar-refractivity contribution in [2.24, 2.45) is 0 Å². The summed E-state index contributed by atoms with van der Waals surface area (Å²) in [5.74, 6) is 0. The van der Waals surface area contributed by atoms with Crippen molar-refractivity contribution >= 4 is 17.3 Å². The highest BCUT2D eigenvalue weighted by Gasteiger charge is 2.22. The van der Waals surface area contributed by atoms with Gasteiger partial charge in [0.15, 0.2) is 0 Å². The first-order valence-corrected chi connectivity index (χ1v) is 9.84. The zero-order valence-electron chi connectivity index (χ0n) is 15.8. The third-order valence-electron chi connectivity index (χ3n) is 5.15. The number of benzene rings is 2. The monoisotopic (exact) mass is 405 g/mol. The van der Waals surface area contributed by atoms with Gasteiger partial charge in [-0.05, 0) is 23.8 Å². The van der Waals surface area contributed by atoms with E-state index in [0.29, 0.717) is 16.9 Å². The molecule has 3 aromatic rings. The van der Waals surface area contributed by atoms with Crippen molar-refractivity contribution in [3.05, 3.63) is 87.3 Å². The second-order valence-electron chi connectivity index (χ2n) is 6.93. The SMILES string of the molecule is N#Cc1ccccc1CN1CCN(c2cnn(-c3ccccc3)c(=O)c2Cl)CC1. The number of piperazine rings is 1. The Balaban J connectivity index is 1.47. The van der Waals surface area contributed by atoms with Crippen molar-refractivity contribution < 1.29 is 0 Å². The maximum Gasteiger partial charge on any atom is 0.292 e. The van der Waals surface area contributed by atoms with E-state index in [2.05, 4.69) is 21.0 Å². The molecular formula is C22H20ClN5O. The lowest BCUT2D eigenvalue weighted by atomic mass is 10.1. The third-order valence-corrected chi connectivity index (χ3v) is 5.50. The molecule has 0 radical (unpaired) electrons. The van der Waals surface area contributed by atoms with E-state index in [9.17, 15) is 10.1 Å². The number of nitriles is 1. The molecule has 0 atom stereocenters. The highest BCUT2D eigenvalue weighted by molar-refractivity contribution is 6.33. The molecule has 7 heteroatoms. The fourth-order valence-corrected chi connectivity index (χ4v) is 3.80. The Morgan fingerprint density at radius 2 is 1.69 bits per heavy atom. The maximum atomic E-state index is 12.7. The molecule has 1 fully saturated rings. The van der Waals surface area contributed by atoms with Gasteiger partial charge in [-0.15, -0.1) is 0 Å². The minimum atomic E-state index is -0.319. The molecule has 146 valence electrons. The minimum Gasteiger partial charge on any atom is -0.366 e. The summed E-state index contributed by atoms with van der Waals surface area (Å²) in [7, 11) is 0. The van der Waals surface area contributed by atoms with E-state index in [1.54, 1.807) is 6.20 Å². The summed E-state index contributed by atoms with van der Waals surface area (Å²) in [5, 5.41) is 13.8. The van der Waals surface area contributed by atoms with Crippen LogP contribution in [0, 0.1) is 11.3 Å². The third kappa shape index (κ3) is 4.02. The Kier molecular flexibility index (Phi) is 5.61. The zero-order chi connectivity index (χ0) is 20.2. The smallest absolute Gasteiger partial charge is 0.292 e. The molecule has 1 saturated heterocycles. The van der Waals surface area contributed by atoms with E-state index in [0.717, 1.165) is 38.3 Å². The molecule has 4 rings (SSSR count). The van der Waals surface area contributed by atoms with E-state index in [4.69, 9.17) is 11.6 Å². The van der Waals surface area contributed by atoms with Crippen LogP contribution in [-0.4, -0.2) is 40.9 Å². The van der Waals surface area contributed by atoms with Crippen LogP contribution in [-0.2, 0) is 6.54 Å².